The van der Waals surface area contributed by atoms with Gasteiger partial charge in [-0.15, -0.1) is 11.8 Å². The van der Waals surface area contributed by atoms with Crippen molar-refractivity contribution in [3.05, 3.63) is 59.7 Å². The molecule has 0 atom stereocenters. The van der Waals surface area contributed by atoms with Crippen LogP contribution in [0.1, 0.15) is 22.8 Å². The summed E-state index contributed by atoms with van der Waals surface area (Å²) in [6, 6.07) is 16.2. The van der Waals surface area contributed by atoms with Crippen LogP contribution in [0.5, 0.6) is 0 Å². The van der Waals surface area contributed by atoms with Crippen molar-refractivity contribution in [1.82, 2.24) is 0 Å². The van der Waals surface area contributed by atoms with Crippen LogP contribution in [-0.2, 0) is 6.42 Å². The molecule has 0 N–H and O–H groups in total. The number of thioether (sulfide) groups is 1. The maximum absolute atomic E-state index is 12.3. The number of ketones is 1. The fourth-order valence-electron chi connectivity index (χ4n) is 2.16. The Bertz CT molecular complexity index is 590. The van der Waals surface area contributed by atoms with Gasteiger partial charge in [0.05, 0.1) is 6.54 Å². The highest BCUT2D eigenvalue weighted by molar-refractivity contribution is 7.98. The first-order valence-corrected chi connectivity index (χ1v) is 8.34. The topological polar surface area (TPSA) is 20.3 Å². The zero-order valence-corrected chi connectivity index (χ0v) is 13.6. The Balaban J connectivity index is 2.03. The summed E-state index contributed by atoms with van der Waals surface area (Å²) >= 11 is 1.68. The molecule has 0 saturated heterocycles. The second-order valence-electron chi connectivity index (χ2n) is 5.03. The second-order valence-corrected chi connectivity index (χ2v) is 5.91. The lowest BCUT2D eigenvalue weighted by Crippen LogP contribution is -2.25. The molecule has 2 rings (SSSR count). The van der Waals surface area contributed by atoms with Crippen molar-refractivity contribution in [2.24, 2.45) is 0 Å². The molecule has 0 fully saturated rings. The fourth-order valence-corrected chi connectivity index (χ4v) is 2.57. The zero-order valence-electron chi connectivity index (χ0n) is 12.8. The molecule has 0 heterocycles. The number of hydrogen-bond donors (Lipinski definition) is 0. The normalized spacial score (nSPS) is 10.4. The molecule has 0 aliphatic rings. The molecule has 0 saturated carbocycles. The number of Topliss-reactive ketones (excluding diaryl/α,β-unsaturated/α-hetero) is 1. The molecule has 21 heavy (non-hydrogen) atoms. The predicted octanol–water partition coefficient (Wildman–Crippen LogP) is 4.29. The number of likely N-dealkylation sites (N-methyl/N-ethyl adjacent to an activating group) is 1. The average Bonchev–Trinajstić information content (AvgIpc) is 2.55. The third-order valence-electron chi connectivity index (χ3n) is 3.58. The number of carbonyl (C=O) groups is 1. The van der Waals surface area contributed by atoms with Gasteiger partial charge in [-0.05, 0) is 42.5 Å². The summed E-state index contributed by atoms with van der Waals surface area (Å²) in [6.45, 7) is 2.53. The standard InChI is InChI=1S/C18H21NOS/c1-4-14-5-9-16(10-6-14)19(2)13-18(20)15-7-11-17(21-3)12-8-15/h5-12H,4,13H2,1-3H3. The van der Waals surface area contributed by atoms with E-state index in [1.54, 1.807) is 11.8 Å². The van der Waals surface area contributed by atoms with Gasteiger partial charge in [0, 0.05) is 23.2 Å². The van der Waals surface area contributed by atoms with Crippen molar-refractivity contribution < 1.29 is 4.79 Å². The van der Waals surface area contributed by atoms with Crippen LogP contribution in [0.15, 0.2) is 53.4 Å². The van der Waals surface area contributed by atoms with Gasteiger partial charge >= 0.3 is 0 Å². The number of hydrogen-bond acceptors (Lipinski definition) is 3. The molecule has 0 aromatic heterocycles. The Labute approximate surface area is 131 Å². The number of rotatable bonds is 6. The van der Waals surface area contributed by atoms with Crippen LogP contribution >= 0.6 is 11.8 Å². The van der Waals surface area contributed by atoms with Crippen LogP contribution in [0, 0.1) is 0 Å². The van der Waals surface area contributed by atoms with E-state index in [0.29, 0.717) is 6.54 Å². The van der Waals surface area contributed by atoms with E-state index < -0.39 is 0 Å². The van der Waals surface area contributed by atoms with Crippen molar-refractivity contribution in [1.29, 1.82) is 0 Å². The molecule has 0 unspecified atom stereocenters. The van der Waals surface area contributed by atoms with Gasteiger partial charge in [0.25, 0.3) is 0 Å². The van der Waals surface area contributed by atoms with E-state index in [2.05, 4.69) is 31.2 Å². The smallest absolute Gasteiger partial charge is 0.182 e. The van der Waals surface area contributed by atoms with E-state index >= 15 is 0 Å². The monoisotopic (exact) mass is 299 g/mol. The second kappa shape index (κ2) is 7.32. The van der Waals surface area contributed by atoms with Crippen LogP contribution in [0.4, 0.5) is 5.69 Å². The van der Waals surface area contributed by atoms with E-state index in [9.17, 15) is 4.79 Å². The molecule has 2 aromatic rings. The molecule has 0 radical (unpaired) electrons. The minimum atomic E-state index is 0.143. The highest BCUT2D eigenvalue weighted by Gasteiger charge is 2.10. The van der Waals surface area contributed by atoms with Crippen LogP contribution < -0.4 is 4.90 Å². The molecule has 2 aromatic carbocycles. The lowest BCUT2D eigenvalue weighted by atomic mass is 10.1. The maximum atomic E-state index is 12.3. The third kappa shape index (κ3) is 4.11. The Morgan fingerprint density at radius 1 is 1.05 bits per heavy atom. The van der Waals surface area contributed by atoms with Gasteiger partial charge < -0.3 is 4.90 Å². The first-order valence-electron chi connectivity index (χ1n) is 7.11. The minimum absolute atomic E-state index is 0.143. The fraction of sp³-hybridized carbons (Fsp3) is 0.278. The van der Waals surface area contributed by atoms with E-state index in [1.165, 1.54) is 10.5 Å². The first kappa shape index (κ1) is 15.6. The van der Waals surface area contributed by atoms with Crippen molar-refractivity contribution in [3.8, 4) is 0 Å². The van der Waals surface area contributed by atoms with Crippen molar-refractivity contribution in [2.45, 2.75) is 18.2 Å². The molecule has 110 valence electrons. The molecule has 3 heteroatoms. The number of aryl methyl sites for hydroxylation is 1. The van der Waals surface area contributed by atoms with Crippen molar-refractivity contribution >= 4 is 23.2 Å². The van der Waals surface area contributed by atoms with Gasteiger partial charge in [-0.1, -0.05) is 31.2 Å². The van der Waals surface area contributed by atoms with Crippen LogP contribution in [0.25, 0.3) is 0 Å². The number of benzene rings is 2. The minimum Gasteiger partial charge on any atom is -0.367 e. The molecular weight excluding hydrogens is 278 g/mol. The highest BCUT2D eigenvalue weighted by Crippen LogP contribution is 2.17. The average molecular weight is 299 g/mol. The van der Waals surface area contributed by atoms with Gasteiger partial charge in [0.2, 0.25) is 0 Å². The summed E-state index contributed by atoms with van der Waals surface area (Å²) in [5.74, 6) is 0.143. The molecule has 0 bridgehead atoms. The van der Waals surface area contributed by atoms with E-state index in [4.69, 9.17) is 0 Å². The van der Waals surface area contributed by atoms with Crippen LogP contribution in [-0.4, -0.2) is 25.6 Å². The summed E-state index contributed by atoms with van der Waals surface area (Å²) in [5, 5.41) is 0. The van der Waals surface area contributed by atoms with Crippen LogP contribution in [0.3, 0.4) is 0 Å². The Hall–Kier alpha value is -1.74. The zero-order chi connectivity index (χ0) is 15.2. The quantitative estimate of drug-likeness (QED) is 0.586. The lowest BCUT2D eigenvalue weighted by molar-refractivity contribution is 0.100. The van der Waals surface area contributed by atoms with E-state index in [-0.39, 0.29) is 5.78 Å². The molecule has 0 spiro atoms. The van der Waals surface area contributed by atoms with Gasteiger partial charge in [-0.25, -0.2) is 0 Å². The number of anilines is 1. The Kier molecular flexibility index (Phi) is 5.45. The summed E-state index contributed by atoms with van der Waals surface area (Å²) in [4.78, 5) is 15.5. The highest BCUT2D eigenvalue weighted by atomic mass is 32.2. The van der Waals surface area contributed by atoms with Gasteiger partial charge in [-0.3, -0.25) is 4.79 Å². The summed E-state index contributed by atoms with van der Waals surface area (Å²) in [7, 11) is 1.95. The van der Waals surface area contributed by atoms with Crippen molar-refractivity contribution in [2.75, 3.05) is 24.7 Å². The lowest BCUT2D eigenvalue weighted by Gasteiger charge is -2.18. The van der Waals surface area contributed by atoms with Crippen LogP contribution in [0.2, 0.25) is 0 Å². The maximum Gasteiger partial charge on any atom is 0.182 e. The van der Waals surface area contributed by atoms with Crippen molar-refractivity contribution in [3.63, 3.8) is 0 Å². The summed E-state index contributed by atoms with van der Waals surface area (Å²) in [6.07, 6.45) is 3.06. The van der Waals surface area contributed by atoms with Gasteiger partial charge in [0.1, 0.15) is 0 Å². The summed E-state index contributed by atoms with van der Waals surface area (Å²) < 4.78 is 0. The predicted molar refractivity (Wildman–Crippen MR) is 91.6 cm³/mol. The number of carbonyl (C=O) groups excluding carboxylic acids is 1. The summed E-state index contributed by atoms with van der Waals surface area (Å²) in [5.41, 5.74) is 3.15. The third-order valence-corrected chi connectivity index (χ3v) is 4.32. The van der Waals surface area contributed by atoms with E-state index in [0.717, 1.165) is 17.7 Å². The molecule has 0 amide bonds. The molecule has 0 aliphatic heterocycles. The van der Waals surface area contributed by atoms with Gasteiger partial charge in [-0.2, -0.15) is 0 Å². The molecule has 2 nitrogen and oxygen atoms in total. The molecule has 0 aliphatic carbocycles. The van der Waals surface area contributed by atoms with E-state index in [1.807, 2.05) is 42.5 Å². The SMILES string of the molecule is CCc1ccc(N(C)CC(=O)c2ccc(SC)cc2)cc1. The Morgan fingerprint density at radius 2 is 1.67 bits per heavy atom. The molecular formula is C18H21NOS. The first-order chi connectivity index (χ1) is 10.1. The van der Waals surface area contributed by atoms with Gasteiger partial charge in [0.15, 0.2) is 5.78 Å². The Morgan fingerprint density at radius 3 is 2.19 bits per heavy atom. The number of nitrogens with zero attached hydrogens (tertiary/aromatic N) is 1. The largest absolute Gasteiger partial charge is 0.367 e.